The number of aryl methyl sites for hydroxylation is 2. The lowest BCUT2D eigenvalue weighted by molar-refractivity contribution is 0.450. The van der Waals surface area contributed by atoms with Crippen molar-refractivity contribution in [3.8, 4) is 11.5 Å². The summed E-state index contributed by atoms with van der Waals surface area (Å²) in [5, 5.41) is 3.29. The van der Waals surface area contributed by atoms with Crippen molar-refractivity contribution in [3.63, 3.8) is 0 Å². The van der Waals surface area contributed by atoms with Crippen LogP contribution >= 0.6 is 0 Å². The summed E-state index contributed by atoms with van der Waals surface area (Å²) in [7, 11) is -3.80. The van der Waals surface area contributed by atoms with Crippen molar-refractivity contribution in [1.29, 1.82) is 0 Å². The van der Waals surface area contributed by atoms with Crippen molar-refractivity contribution in [2.75, 3.05) is 5.32 Å². The Morgan fingerprint density at radius 2 is 1.69 bits per heavy atom. The number of sulfone groups is 1. The number of rotatable bonds is 5. The van der Waals surface area contributed by atoms with Crippen molar-refractivity contribution in [2.24, 2.45) is 0 Å². The van der Waals surface area contributed by atoms with E-state index < -0.39 is 9.84 Å². The maximum absolute atomic E-state index is 13.4. The fraction of sp³-hybridized carbons (Fsp3) is 0.348. The third-order valence-corrected chi connectivity index (χ3v) is 7.07. The van der Waals surface area contributed by atoms with E-state index in [0.717, 1.165) is 42.4 Å². The van der Waals surface area contributed by atoms with Crippen LogP contribution in [0.3, 0.4) is 0 Å². The van der Waals surface area contributed by atoms with E-state index in [0.29, 0.717) is 5.89 Å². The first-order valence-corrected chi connectivity index (χ1v) is 11.6. The molecular weight excluding hydrogens is 384 g/mol. The normalized spacial score (nSPS) is 15.4. The highest BCUT2D eigenvalue weighted by Gasteiger charge is 2.30. The maximum atomic E-state index is 13.4. The number of nitrogens with zero attached hydrogens (tertiary/aromatic N) is 1. The summed E-state index contributed by atoms with van der Waals surface area (Å²) in [5.74, 6) is 0.562. The second-order valence-corrected chi connectivity index (χ2v) is 9.68. The van der Waals surface area contributed by atoms with Crippen molar-refractivity contribution in [1.82, 2.24) is 4.98 Å². The standard InChI is InChI=1S/C23H26N2O3S/c1-16-11-13-20(14-12-16)29(26,27)23-22(24-19-9-4-3-5-10-19)28-21(25-23)18-8-6-7-17(2)15-18/h6-8,11-15,19,24H,3-5,9-10H2,1-2H3. The summed E-state index contributed by atoms with van der Waals surface area (Å²) in [5.41, 5.74) is 2.83. The van der Waals surface area contributed by atoms with Crippen molar-refractivity contribution in [2.45, 2.75) is 61.9 Å². The highest BCUT2D eigenvalue weighted by Crippen LogP contribution is 2.34. The van der Waals surface area contributed by atoms with Gasteiger partial charge in [-0.2, -0.15) is 4.98 Å². The van der Waals surface area contributed by atoms with Crippen molar-refractivity contribution in [3.05, 3.63) is 59.7 Å². The van der Waals surface area contributed by atoms with E-state index in [2.05, 4.69) is 10.3 Å². The van der Waals surface area contributed by atoms with Gasteiger partial charge in [0.1, 0.15) is 0 Å². The molecule has 29 heavy (non-hydrogen) atoms. The molecule has 2 aromatic carbocycles. The van der Waals surface area contributed by atoms with Crippen LogP contribution in [-0.4, -0.2) is 19.4 Å². The van der Waals surface area contributed by atoms with Crippen LogP contribution in [0.4, 0.5) is 5.88 Å². The van der Waals surface area contributed by atoms with Crippen LogP contribution in [0.15, 0.2) is 62.9 Å². The Balaban J connectivity index is 1.78. The first kappa shape index (κ1) is 19.7. The molecule has 0 unspecified atom stereocenters. The molecular formula is C23H26N2O3S. The van der Waals surface area contributed by atoms with Crippen LogP contribution in [0, 0.1) is 13.8 Å². The van der Waals surface area contributed by atoms with E-state index in [-0.39, 0.29) is 21.8 Å². The monoisotopic (exact) mass is 410 g/mol. The molecule has 1 aliphatic carbocycles. The predicted molar refractivity (Wildman–Crippen MR) is 114 cm³/mol. The van der Waals surface area contributed by atoms with Gasteiger partial charge >= 0.3 is 0 Å². The molecule has 1 aromatic heterocycles. The summed E-state index contributed by atoms with van der Waals surface area (Å²) in [4.78, 5) is 4.66. The number of oxazole rings is 1. The average molecular weight is 411 g/mol. The Morgan fingerprint density at radius 1 is 0.966 bits per heavy atom. The number of hydrogen-bond acceptors (Lipinski definition) is 5. The zero-order chi connectivity index (χ0) is 20.4. The summed E-state index contributed by atoms with van der Waals surface area (Å²) < 4.78 is 32.7. The SMILES string of the molecule is Cc1ccc(S(=O)(=O)c2nc(-c3cccc(C)c3)oc2NC2CCCCC2)cc1. The first-order valence-electron chi connectivity index (χ1n) is 10.1. The molecule has 0 saturated heterocycles. The molecule has 3 aromatic rings. The van der Waals surface area contributed by atoms with Gasteiger partial charge in [-0.1, -0.05) is 54.7 Å². The average Bonchev–Trinajstić information content (AvgIpc) is 3.14. The second-order valence-electron chi connectivity index (χ2n) is 7.82. The molecule has 5 nitrogen and oxygen atoms in total. The van der Waals surface area contributed by atoms with Crippen LogP contribution < -0.4 is 5.32 Å². The molecule has 0 aliphatic heterocycles. The fourth-order valence-electron chi connectivity index (χ4n) is 3.74. The van der Waals surface area contributed by atoms with E-state index in [9.17, 15) is 8.42 Å². The number of aromatic nitrogens is 1. The molecule has 6 heteroatoms. The lowest BCUT2D eigenvalue weighted by atomic mass is 9.96. The van der Waals surface area contributed by atoms with Gasteiger partial charge in [0.2, 0.25) is 26.6 Å². The lowest BCUT2D eigenvalue weighted by Crippen LogP contribution is -2.23. The first-order chi connectivity index (χ1) is 13.9. The summed E-state index contributed by atoms with van der Waals surface area (Å²) in [6, 6.07) is 14.8. The predicted octanol–water partition coefficient (Wildman–Crippen LogP) is 5.54. The highest BCUT2D eigenvalue weighted by molar-refractivity contribution is 7.91. The van der Waals surface area contributed by atoms with Gasteiger partial charge in [-0.05, 0) is 51.0 Å². The number of benzene rings is 2. The van der Waals surface area contributed by atoms with E-state index >= 15 is 0 Å². The summed E-state index contributed by atoms with van der Waals surface area (Å²) in [6.45, 7) is 3.91. The molecule has 1 fully saturated rings. The van der Waals surface area contributed by atoms with Gasteiger partial charge in [0.05, 0.1) is 4.90 Å². The van der Waals surface area contributed by atoms with Gasteiger partial charge in [0.15, 0.2) is 0 Å². The van der Waals surface area contributed by atoms with Crippen LogP contribution in [0.5, 0.6) is 0 Å². The maximum Gasteiger partial charge on any atom is 0.234 e. The molecule has 4 rings (SSSR count). The van der Waals surface area contributed by atoms with Crippen LogP contribution in [0.1, 0.15) is 43.2 Å². The zero-order valence-corrected chi connectivity index (χ0v) is 17.6. The smallest absolute Gasteiger partial charge is 0.234 e. The third kappa shape index (κ3) is 4.22. The quantitative estimate of drug-likeness (QED) is 0.598. The van der Waals surface area contributed by atoms with Gasteiger partial charge < -0.3 is 9.73 Å². The molecule has 0 spiro atoms. The van der Waals surface area contributed by atoms with Gasteiger partial charge in [0, 0.05) is 11.6 Å². The lowest BCUT2D eigenvalue weighted by Gasteiger charge is -2.22. The van der Waals surface area contributed by atoms with Gasteiger partial charge in [-0.25, -0.2) is 8.42 Å². The Bertz CT molecular complexity index is 1100. The Hall–Kier alpha value is -2.60. The Kier molecular flexibility index (Phi) is 5.46. The molecule has 1 heterocycles. The summed E-state index contributed by atoms with van der Waals surface area (Å²) in [6.07, 6.45) is 5.50. The number of nitrogens with one attached hydrogen (secondary N) is 1. The third-order valence-electron chi connectivity index (χ3n) is 5.39. The van der Waals surface area contributed by atoms with Crippen molar-refractivity contribution < 1.29 is 12.8 Å². The van der Waals surface area contributed by atoms with Gasteiger partial charge in [-0.15, -0.1) is 0 Å². The van der Waals surface area contributed by atoms with E-state index in [1.807, 2.05) is 38.1 Å². The molecule has 152 valence electrons. The highest BCUT2D eigenvalue weighted by atomic mass is 32.2. The second kappa shape index (κ2) is 8.03. The summed E-state index contributed by atoms with van der Waals surface area (Å²) >= 11 is 0. The van der Waals surface area contributed by atoms with Crippen LogP contribution in [0.2, 0.25) is 0 Å². The zero-order valence-electron chi connectivity index (χ0n) is 16.8. The number of hydrogen-bond donors (Lipinski definition) is 1. The molecule has 1 N–H and O–H groups in total. The molecule has 0 atom stereocenters. The minimum atomic E-state index is -3.80. The van der Waals surface area contributed by atoms with E-state index in [1.165, 1.54) is 6.42 Å². The van der Waals surface area contributed by atoms with E-state index in [4.69, 9.17) is 4.42 Å². The van der Waals surface area contributed by atoms with Crippen LogP contribution in [-0.2, 0) is 9.84 Å². The largest absolute Gasteiger partial charge is 0.419 e. The Morgan fingerprint density at radius 3 is 2.38 bits per heavy atom. The number of anilines is 1. The van der Waals surface area contributed by atoms with Crippen molar-refractivity contribution >= 4 is 15.7 Å². The molecule has 0 amide bonds. The molecule has 1 saturated carbocycles. The molecule has 1 aliphatic rings. The fourth-order valence-corrected chi connectivity index (χ4v) is 5.01. The topological polar surface area (TPSA) is 72.2 Å². The van der Waals surface area contributed by atoms with Crippen LogP contribution in [0.25, 0.3) is 11.5 Å². The molecule has 0 radical (unpaired) electrons. The minimum absolute atomic E-state index is 0.0385. The molecule has 0 bridgehead atoms. The minimum Gasteiger partial charge on any atom is -0.419 e. The van der Waals surface area contributed by atoms with Gasteiger partial charge in [-0.3, -0.25) is 0 Å². The van der Waals surface area contributed by atoms with E-state index in [1.54, 1.807) is 24.3 Å². The Labute approximate surface area is 172 Å². The van der Waals surface area contributed by atoms with Gasteiger partial charge in [0.25, 0.3) is 0 Å².